The van der Waals surface area contributed by atoms with Crippen LogP contribution in [0.3, 0.4) is 0 Å². The van der Waals surface area contributed by atoms with E-state index in [1.807, 2.05) is 0 Å². The van der Waals surface area contributed by atoms with E-state index in [2.05, 4.69) is 4.18 Å². The highest BCUT2D eigenvalue weighted by atomic mass is 32.3. The molecular weight excluding hydrogens is 168 g/mol. The zero-order chi connectivity index (χ0) is 8.32. The second-order valence-corrected chi connectivity index (χ2v) is 3.45. The van der Waals surface area contributed by atoms with Gasteiger partial charge in [0.25, 0.3) is 0 Å². The third kappa shape index (κ3) is 3.38. The van der Waals surface area contributed by atoms with Crippen molar-refractivity contribution in [2.75, 3.05) is 0 Å². The minimum atomic E-state index is -4.29. The van der Waals surface area contributed by atoms with Crippen LogP contribution in [0.2, 0.25) is 0 Å². The molecular formula is C6H10O4S. The molecule has 0 radical (unpaired) electrons. The first-order valence-electron chi connectivity index (χ1n) is 3.44. The van der Waals surface area contributed by atoms with Gasteiger partial charge in [-0.25, -0.2) is 0 Å². The lowest BCUT2D eigenvalue weighted by Crippen LogP contribution is -2.05. The smallest absolute Gasteiger partial charge is 0.367 e. The molecule has 0 spiro atoms. The molecule has 0 aromatic rings. The van der Waals surface area contributed by atoms with E-state index < -0.39 is 10.4 Å². The fourth-order valence-corrected chi connectivity index (χ4v) is 1.44. The van der Waals surface area contributed by atoms with Gasteiger partial charge in [-0.1, -0.05) is 0 Å². The minimum absolute atomic E-state index is 0.360. The maximum absolute atomic E-state index is 10.2. The summed E-state index contributed by atoms with van der Waals surface area (Å²) in [5.74, 6) is 0.360. The normalized spacial score (nSPS) is 19.2. The van der Waals surface area contributed by atoms with Gasteiger partial charge < -0.3 is 4.18 Å². The van der Waals surface area contributed by atoms with Gasteiger partial charge in [-0.2, -0.15) is 8.42 Å². The summed E-state index contributed by atoms with van der Waals surface area (Å²) < 4.78 is 32.9. The van der Waals surface area contributed by atoms with Gasteiger partial charge in [-0.15, -0.1) is 0 Å². The highest BCUT2D eigenvalue weighted by Gasteiger charge is 2.11. The summed E-state index contributed by atoms with van der Waals surface area (Å²) in [5.41, 5.74) is 0. The van der Waals surface area contributed by atoms with Crippen LogP contribution < -0.4 is 0 Å². The van der Waals surface area contributed by atoms with E-state index in [0.29, 0.717) is 12.2 Å². The zero-order valence-corrected chi connectivity index (χ0v) is 6.80. The highest BCUT2D eigenvalue weighted by Crippen LogP contribution is 2.19. The van der Waals surface area contributed by atoms with Gasteiger partial charge in [0.15, 0.2) is 0 Å². The van der Waals surface area contributed by atoms with E-state index in [1.165, 1.54) is 0 Å². The molecule has 0 aromatic heterocycles. The Kier molecular flexibility index (Phi) is 2.51. The first kappa shape index (κ1) is 8.55. The van der Waals surface area contributed by atoms with Crippen LogP contribution in [0.4, 0.5) is 0 Å². The van der Waals surface area contributed by atoms with Gasteiger partial charge >= 0.3 is 10.4 Å². The van der Waals surface area contributed by atoms with Crippen molar-refractivity contribution in [1.29, 1.82) is 0 Å². The third-order valence-corrected chi connectivity index (χ3v) is 1.89. The molecule has 0 aliphatic heterocycles. The van der Waals surface area contributed by atoms with E-state index in [9.17, 15) is 8.42 Å². The monoisotopic (exact) mass is 178 g/mol. The Hall–Kier alpha value is -0.550. The average molecular weight is 178 g/mol. The molecule has 0 saturated heterocycles. The summed E-state index contributed by atoms with van der Waals surface area (Å²) in [6.45, 7) is 0. The lowest BCUT2D eigenvalue weighted by atomic mass is 10.1. The average Bonchev–Trinajstić information content (AvgIpc) is 1.85. The van der Waals surface area contributed by atoms with Crippen molar-refractivity contribution in [1.82, 2.24) is 0 Å². The molecule has 5 heteroatoms. The van der Waals surface area contributed by atoms with Crippen molar-refractivity contribution >= 4 is 10.4 Å². The summed E-state index contributed by atoms with van der Waals surface area (Å²) in [6, 6.07) is 0. The van der Waals surface area contributed by atoms with Crippen molar-refractivity contribution in [3.8, 4) is 0 Å². The highest BCUT2D eigenvalue weighted by molar-refractivity contribution is 7.81. The van der Waals surface area contributed by atoms with E-state index in [-0.39, 0.29) is 0 Å². The minimum Gasteiger partial charge on any atom is -0.367 e. The van der Waals surface area contributed by atoms with Crippen molar-refractivity contribution in [2.45, 2.75) is 25.7 Å². The van der Waals surface area contributed by atoms with Gasteiger partial charge in [-0.3, -0.25) is 4.55 Å². The maximum atomic E-state index is 10.2. The SMILES string of the molecule is O=S(=O)(O)OC1=CCCCC1. The topological polar surface area (TPSA) is 63.6 Å². The summed E-state index contributed by atoms with van der Waals surface area (Å²) in [5, 5.41) is 0. The molecule has 1 N–H and O–H groups in total. The predicted octanol–water partition coefficient (Wildman–Crippen LogP) is 1.26. The van der Waals surface area contributed by atoms with Gasteiger partial charge in [0, 0.05) is 6.42 Å². The summed E-state index contributed by atoms with van der Waals surface area (Å²) >= 11 is 0. The molecule has 0 aromatic carbocycles. The van der Waals surface area contributed by atoms with Crippen molar-refractivity contribution in [3.63, 3.8) is 0 Å². The van der Waals surface area contributed by atoms with Crippen LogP contribution in [-0.2, 0) is 14.6 Å². The fraction of sp³-hybridized carbons (Fsp3) is 0.667. The van der Waals surface area contributed by atoms with Crippen LogP contribution in [0.15, 0.2) is 11.8 Å². The van der Waals surface area contributed by atoms with Crippen molar-refractivity contribution in [3.05, 3.63) is 11.8 Å². The molecule has 0 amide bonds. The van der Waals surface area contributed by atoms with Crippen LogP contribution in [0.5, 0.6) is 0 Å². The van der Waals surface area contributed by atoms with Crippen LogP contribution in [0.1, 0.15) is 25.7 Å². The summed E-state index contributed by atoms with van der Waals surface area (Å²) in [6.07, 6.45) is 5.08. The first-order chi connectivity index (χ1) is 5.08. The molecule has 0 heterocycles. The molecule has 4 nitrogen and oxygen atoms in total. The molecule has 1 aliphatic carbocycles. The lowest BCUT2D eigenvalue weighted by molar-refractivity contribution is 0.315. The Labute approximate surface area is 65.8 Å². The van der Waals surface area contributed by atoms with Crippen LogP contribution in [-0.4, -0.2) is 13.0 Å². The van der Waals surface area contributed by atoms with E-state index in [1.54, 1.807) is 6.08 Å². The Balaban J connectivity index is 2.55. The Morgan fingerprint density at radius 3 is 2.64 bits per heavy atom. The van der Waals surface area contributed by atoms with E-state index in [4.69, 9.17) is 4.55 Å². The fourth-order valence-electron chi connectivity index (χ4n) is 1.02. The molecule has 0 atom stereocenters. The maximum Gasteiger partial charge on any atom is 0.446 e. The number of hydrogen-bond acceptors (Lipinski definition) is 3. The van der Waals surface area contributed by atoms with Crippen molar-refractivity contribution in [2.24, 2.45) is 0 Å². The molecule has 0 saturated carbocycles. The van der Waals surface area contributed by atoms with Crippen molar-refractivity contribution < 1.29 is 17.2 Å². The molecule has 11 heavy (non-hydrogen) atoms. The van der Waals surface area contributed by atoms with E-state index >= 15 is 0 Å². The Morgan fingerprint density at radius 2 is 2.18 bits per heavy atom. The van der Waals surface area contributed by atoms with Crippen LogP contribution in [0, 0.1) is 0 Å². The third-order valence-electron chi connectivity index (χ3n) is 1.46. The lowest BCUT2D eigenvalue weighted by Gasteiger charge is -2.10. The van der Waals surface area contributed by atoms with Crippen LogP contribution in [0.25, 0.3) is 0 Å². The number of rotatable bonds is 2. The van der Waals surface area contributed by atoms with E-state index in [0.717, 1.165) is 19.3 Å². The molecule has 1 rings (SSSR count). The Morgan fingerprint density at radius 1 is 1.45 bits per heavy atom. The predicted molar refractivity (Wildman–Crippen MR) is 39.2 cm³/mol. The summed E-state index contributed by atoms with van der Waals surface area (Å²) in [7, 11) is -4.29. The quantitative estimate of drug-likeness (QED) is 0.646. The summed E-state index contributed by atoms with van der Waals surface area (Å²) in [4.78, 5) is 0. The van der Waals surface area contributed by atoms with Gasteiger partial charge in [-0.05, 0) is 25.3 Å². The largest absolute Gasteiger partial charge is 0.446 e. The number of hydrogen-bond donors (Lipinski definition) is 1. The molecule has 1 aliphatic rings. The second kappa shape index (κ2) is 3.23. The molecule has 0 bridgehead atoms. The van der Waals surface area contributed by atoms with Gasteiger partial charge in [0.1, 0.15) is 5.76 Å². The number of allylic oxidation sites excluding steroid dienone is 2. The second-order valence-electron chi connectivity index (χ2n) is 2.43. The zero-order valence-electron chi connectivity index (χ0n) is 5.99. The van der Waals surface area contributed by atoms with Gasteiger partial charge in [0.05, 0.1) is 0 Å². The van der Waals surface area contributed by atoms with Gasteiger partial charge in [0.2, 0.25) is 0 Å². The molecule has 0 unspecified atom stereocenters. The first-order valence-corrected chi connectivity index (χ1v) is 4.80. The molecule has 64 valence electrons. The van der Waals surface area contributed by atoms with Crippen LogP contribution >= 0.6 is 0 Å². The molecule has 0 fully saturated rings. The standard InChI is InChI=1S/C6H10O4S/c7-11(8,9)10-6-4-2-1-3-5-6/h4H,1-3,5H2,(H,7,8,9). The Bertz CT molecular complexity index is 252.